The van der Waals surface area contributed by atoms with E-state index in [1.807, 2.05) is 0 Å². The molecule has 7 rings (SSSR count). The van der Waals surface area contributed by atoms with Crippen molar-refractivity contribution in [3.8, 4) is 28.7 Å². The molecule has 2 aliphatic rings. The van der Waals surface area contributed by atoms with Crippen molar-refractivity contribution in [3.63, 3.8) is 0 Å². The first-order valence-electron chi connectivity index (χ1n) is 17.9. The predicted molar refractivity (Wildman–Crippen MR) is 200 cm³/mol. The lowest BCUT2D eigenvalue weighted by molar-refractivity contribution is -0.123. The van der Waals surface area contributed by atoms with E-state index in [2.05, 4.69) is 32.1 Å². The average molecular weight is 830 g/mol. The van der Waals surface area contributed by atoms with Crippen molar-refractivity contribution < 1.29 is 49.4 Å². The molecule has 58 heavy (non-hydrogen) atoms. The summed E-state index contributed by atoms with van der Waals surface area (Å²) in [6.07, 6.45) is -2.17. The SMILES string of the molecule is COc1ccc(-c2ccc(C#CC(C)(C)O)nc2[C@H](Cc2cc(F)cc(F)c2)NC(=O)Cn2nc(C(F)F)c3c2C(F)(F)[C@@H]2CC[C@H]32)c2c1c(NS(C)(=O)=O)nn2C. The highest BCUT2D eigenvalue weighted by Gasteiger charge is 2.62. The van der Waals surface area contributed by atoms with Crippen LogP contribution in [-0.4, -0.2) is 62.9 Å². The van der Waals surface area contributed by atoms with Crippen molar-refractivity contribution in [2.24, 2.45) is 13.0 Å². The number of ether oxygens (including phenoxy) is 1. The highest BCUT2D eigenvalue weighted by Crippen LogP contribution is 2.63. The Bertz CT molecular complexity index is 2630. The first kappa shape index (κ1) is 40.6. The quantitative estimate of drug-likeness (QED) is 0.104. The van der Waals surface area contributed by atoms with Crippen LogP contribution in [-0.2, 0) is 40.8 Å². The van der Waals surface area contributed by atoms with Gasteiger partial charge in [-0.15, -0.1) is 0 Å². The van der Waals surface area contributed by atoms with Gasteiger partial charge in [-0.2, -0.15) is 19.0 Å². The van der Waals surface area contributed by atoms with Crippen LogP contribution in [0.3, 0.4) is 0 Å². The third-order valence-electron chi connectivity index (χ3n) is 10.1. The first-order valence-corrected chi connectivity index (χ1v) is 19.8. The minimum atomic E-state index is -3.84. The second-order valence-electron chi connectivity index (χ2n) is 14.9. The van der Waals surface area contributed by atoms with Crippen molar-refractivity contribution in [1.82, 2.24) is 29.9 Å². The molecule has 3 atom stereocenters. The number of nitrogens with zero attached hydrogens (tertiary/aromatic N) is 5. The number of aliphatic hydroxyl groups is 1. The summed E-state index contributed by atoms with van der Waals surface area (Å²) in [5.41, 5.74) is -2.13. The van der Waals surface area contributed by atoms with E-state index in [-0.39, 0.29) is 64.3 Å². The number of anilines is 1. The van der Waals surface area contributed by atoms with E-state index in [1.165, 1.54) is 31.7 Å². The van der Waals surface area contributed by atoms with Gasteiger partial charge in [0.1, 0.15) is 46.6 Å². The highest BCUT2D eigenvalue weighted by molar-refractivity contribution is 7.92. The normalized spacial score (nSPS) is 17.6. The Morgan fingerprint density at radius 2 is 1.76 bits per heavy atom. The molecular formula is C39H37F6N7O5S. The van der Waals surface area contributed by atoms with Gasteiger partial charge in [-0.3, -0.25) is 18.9 Å². The summed E-state index contributed by atoms with van der Waals surface area (Å²) >= 11 is 0. The fourth-order valence-corrected chi connectivity index (χ4v) is 8.27. The minimum Gasteiger partial charge on any atom is -0.496 e. The zero-order valence-electron chi connectivity index (χ0n) is 31.7. The summed E-state index contributed by atoms with van der Waals surface area (Å²) < 4.78 is 123. The summed E-state index contributed by atoms with van der Waals surface area (Å²) in [5, 5.41) is 21.5. The van der Waals surface area contributed by atoms with Crippen molar-refractivity contribution in [2.45, 2.75) is 69.6 Å². The number of carbonyl (C=O) groups is 1. The minimum absolute atomic E-state index is 0.0354. The Hall–Kier alpha value is -5.61. The van der Waals surface area contributed by atoms with Crippen LogP contribution in [0.1, 0.15) is 79.0 Å². The number of sulfonamides is 1. The summed E-state index contributed by atoms with van der Waals surface area (Å²) in [6.45, 7) is 1.96. The van der Waals surface area contributed by atoms with Gasteiger partial charge in [0, 0.05) is 35.7 Å². The van der Waals surface area contributed by atoms with E-state index >= 15 is 8.78 Å². The monoisotopic (exact) mass is 829 g/mol. The summed E-state index contributed by atoms with van der Waals surface area (Å²) in [4.78, 5) is 18.8. The molecule has 3 heterocycles. The lowest BCUT2D eigenvalue weighted by atomic mass is 9.73. The van der Waals surface area contributed by atoms with Crippen LogP contribution in [0.2, 0.25) is 0 Å². The standard InChI is InChI=1S/C39H37F6N7O5S/c1-38(2,54)13-12-22-6-7-23(24-9-11-28(57-4)31-34(24)51(3)49-37(31)50-58(5,55)56)32(46-22)27(16-19-14-20(40)17-21(41)15-19)47-29(53)18-52-35-30(33(48-52)36(42)43)25-8-10-26(25)39(35,44)45/h6-7,9,11,14-15,17,25-27,36,54H,8,10,16,18H2,1-5H3,(H,47,53)(H,49,50)/t25-,26+,27-/m0/s1. The van der Waals surface area contributed by atoms with Gasteiger partial charge in [-0.1, -0.05) is 5.92 Å². The molecule has 5 aromatic rings. The van der Waals surface area contributed by atoms with Crippen LogP contribution in [0.4, 0.5) is 32.2 Å². The van der Waals surface area contributed by atoms with E-state index in [4.69, 9.17) is 9.72 Å². The fraction of sp³-hybridized carbons (Fsp3) is 0.385. The summed E-state index contributed by atoms with van der Waals surface area (Å²) in [5.74, 6) is -2.77. The van der Waals surface area contributed by atoms with Gasteiger partial charge in [0.05, 0.1) is 36.0 Å². The number of fused-ring (bicyclic) bond motifs is 4. The molecule has 0 saturated heterocycles. The molecule has 3 aromatic heterocycles. The van der Waals surface area contributed by atoms with Crippen molar-refractivity contribution in [1.29, 1.82) is 0 Å². The van der Waals surface area contributed by atoms with Crippen molar-refractivity contribution in [2.75, 3.05) is 18.1 Å². The molecule has 2 aliphatic carbocycles. The number of rotatable bonds is 11. The molecule has 306 valence electrons. The molecular weight excluding hydrogens is 793 g/mol. The van der Waals surface area contributed by atoms with E-state index in [9.17, 15) is 35.9 Å². The number of halogens is 6. The second kappa shape index (κ2) is 14.6. The summed E-state index contributed by atoms with van der Waals surface area (Å²) in [6, 6.07) is 7.63. The molecule has 0 aliphatic heterocycles. The summed E-state index contributed by atoms with van der Waals surface area (Å²) in [7, 11) is -0.919. The van der Waals surface area contributed by atoms with E-state index in [0.717, 1.165) is 18.4 Å². The number of hydrogen-bond acceptors (Lipinski definition) is 8. The number of aryl methyl sites for hydroxylation is 1. The third kappa shape index (κ3) is 7.69. The molecule has 3 N–H and O–H groups in total. The van der Waals surface area contributed by atoms with E-state index in [0.29, 0.717) is 21.8 Å². The van der Waals surface area contributed by atoms with Gasteiger partial charge in [-0.05, 0) is 86.9 Å². The van der Waals surface area contributed by atoms with Crippen LogP contribution in [0, 0.1) is 29.4 Å². The van der Waals surface area contributed by atoms with Crippen LogP contribution in [0.15, 0.2) is 42.5 Å². The molecule has 0 unspecified atom stereocenters. The van der Waals surface area contributed by atoms with E-state index < -0.39 is 81.3 Å². The van der Waals surface area contributed by atoms with Crippen molar-refractivity contribution >= 4 is 32.7 Å². The Kier molecular flexibility index (Phi) is 10.2. The fourth-order valence-electron chi connectivity index (χ4n) is 7.78. The smallest absolute Gasteiger partial charge is 0.293 e. The number of nitrogens with one attached hydrogen (secondary N) is 2. The third-order valence-corrected chi connectivity index (χ3v) is 10.7. The molecule has 1 amide bonds. The molecule has 0 radical (unpaired) electrons. The van der Waals surface area contributed by atoms with Crippen LogP contribution in [0.5, 0.6) is 5.75 Å². The predicted octanol–water partition coefficient (Wildman–Crippen LogP) is 6.25. The maximum atomic E-state index is 15.7. The van der Waals surface area contributed by atoms with Crippen LogP contribution in [0.25, 0.3) is 22.0 Å². The van der Waals surface area contributed by atoms with Gasteiger partial charge >= 0.3 is 0 Å². The highest BCUT2D eigenvalue weighted by atomic mass is 32.2. The number of methoxy groups -OCH3 is 1. The second-order valence-corrected chi connectivity index (χ2v) is 16.7. The molecule has 12 nitrogen and oxygen atoms in total. The Morgan fingerprint density at radius 1 is 1.07 bits per heavy atom. The maximum absolute atomic E-state index is 15.7. The Morgan fingerprint density at radius 3 is 2.36 bits per heavy atom. The number of alkyl halides is 4. The van der Waals surface area contributed by atoms with E-state index in [1.54, 1.807) is 25.2 Å². The Balaban J connectivity index is 1.40. The van der Waals surface area contributed by atoms with Gasteiger partial charge < -0.3 is 15.2 Å². The average Bonchev–Trinajstić information content (AvgIpc) is 3.66. The van der Waals surface area contributed by atoms with Crippen LogP contribution < -0.4 is 14.8 Å². The molecule has 1 fully saturated rings. The zero-order chi connectivity index (χ0) is 42.1. The number of pyridine rings is 1. The first-order chi connectivity index (χ1) is 27.1. The number of amides is 1. The molecule has 0 bridgehead atoms. The molecule has 0 spiro atoms. The lowest BCUT2D eigenvalue weighted by Crippen LogP contribution is -2.36. The van der Waals surface area contributed by atoms with Gasteiger partial charge in [0.15, 0.2) is 5.82 Å². The Labute approximate surface area is 328 Å². The molecule has 2 aromatic carbocycles. The number of carbonyl (C=O) groups excluding carboxylic acids is 1. The molecule has 19 heteroatoms. The number of hydrogen-bond donors (Lipinski definition) is 3. The number of benzene rings is 2. The topological polar surface area (TPSA) is 153 Å². The zero-order valence-corrected chi connectivity index (χ0v) is 32.5. The van der Waals surface area contributed by atoms with Crippen LogP contribution >= 0.6 is 0 Å². The van der Waals surface area contributed by atoms with Gasteiger partial charge in [0.25, 0.3) is 12.3 Å². The van der Waals surface area contributed by atoms with Gasteiger partial charge in [0.2, 0.25) is 15.9 Å². The molecule has 1 saturated carbocycles. The van der Waals surface area contributed by atoms with Gasteiger partial charge in [-0.25, -0.2) is 31.0 Å². The number of aromatic nitrogens is 5. The van der Waals surface area contributed by atoms with Crippen molar-refractivity contribution in [3.05, 3.63) is 88.0 Å². The maximum Gasteiger partial charge on any atom is 0.293 e. The lowest BCUT2D eigenvalue weighted by Gasteiger charge is -2.34. The largest absolute Gasteiger partial charge is 0.496 e.